The minimum atomic E-state index is -1.91. The first kappa shape index (κ1) is 24.6. The number of nitrogens with zero attached hydrogens (tertiary/aromatic N) is 3. The van der Waals surface area contributed by atoms with Gasteiger partial charge in [0.25, 0.3) is 5.91 Å². The highest BCUT2D eigenvalue weighted by atomic mass is 16.7. The normalized spacial score (nSPS) is 14.2. The minimum absolute atomic E-state index is 0.215. The SMILES string of the molecule is COc1ccccc1-c1ccn(-c2ncccc2C(=O)NC(Cc2ccccc2)C2(C(N)=O)OC=CO2)n1. The summed E-state index contributed by atoms with van der Waals surface area (Å²) in [6.07, 6.45) is 5.95. The number of para-hydroxylation sites is 1. The number of carbonyl (C=O) groups excluding carboxylic acids is 2. The molecule has 192 valence electrons. The molecule has 0 spiro atoms. The number of rotatable bonds is 9. The first-order chi connectivity index (χ1) is 18.5. The number of hydrogen-bond donors (Lipinski definition) is 2. The molecule has 0 saturated heterocycles. The molecule has 4 aromatic rings. The lowest BCUT2D eigenvalue weighted by Crippen LogP contribution is -2.61. The smallest absolute Gasteiger partial charge is 0.352 e. The van der Waals surface area contributed by atoms with Gasteiger partial charge in [-0.2, -0.15) is 5.10 Å². The maximum absolute atomic E-state index is 13.6. The largest absolute Gasteiger partial charge is 0.496 e. The van der Waals surface area contributed by atoms with Crippen LogP contribution >= 0.6 is 0 Å². The molecule has 0 fully saturated rings. The van der Waals surface area contributed by atoms with Crippen LogP contribution in [0.4, 0.5) is 0 Å². The van der Waals surface area contributed by atoms with Gasteiger partial charge in [-0.1, -0.05) is 42.5 Å². The fourth-order valence-corrected chi connectivity index (χ4v) is 4.30. The Kier molecular flexibility index (Phi) is 6.77. The molecule has 5 rings (SSSR count). The van der Waals surface area contributed by atoms with E-state index in [1.54, 1.807) is 37.7 Å². The average Bonchev–Trinajstić information content (AvgIpc) is 3.65. The van der Waals surface area contributed by atoms with Gasteiger partial charge in [-0.3, -0.25) is 9.59 Å². The molecule has 0 bridgehead atoms. The number of carbonyl (C=O) groups is 2. The maximum Gasteiger partial charge on any atom is 0.352 e. The van der Waals surface area contributed by atoms with Gasteiger partial charge >= 0.3 is 11.7 Å². The Morgan fingerprint density at radius 2 is 1.76 bits per heavy atom. The Labute approximate surface area is 218 Å². The molecule has 3 N–H and O–H groups in total. The zero-order chi connectivity index (χ0) is 26.5. The molecule has 0 saturated carbocycles. The van der Waals surface area contributed by atoms with Crippen molar-refractivity contribution in [3.8, 4) is 22.8 Å². The van der Waals surface area contributed by atoms with Crippen LogP contribution in [-0.4, -0.2) is 45.5 Å². The van der Waals surface area contributed by atoms with Crippen molar-refractivity contribution in [1.82, 2.24) is 20.1 Å². The average molecular weight is 512 g/mol. The van der Waals surface area contributed by atoms with Crippen LogP contribution in [0.1, 0.15) is 15.9 Å². The van der Waals surface area contributed by atoms with Crippen molar-refractivity contribution in [2.24, 2.45) is 5.73 Å². The lowest BCUT2D eigenvalue weighted by Gasteiger charge is -2.33. The molecule has 1 atom stereocenters. The van der Waals surface area contributed by atoms with Gasteiger partial charge < -0.3 is 25.3 Å². The first-order valence-electron chi connectivity index (χ1n) is 11.8. The molecular weight excluding hydrogens is 486 g/mol. The van der Waals surface area contributed by atoms with E-state index >= 15 is 0 Å². The fraction of sp³-hybridized carbons (Fsp3) is 0.143. The van der Waals surface area contributed by atoms with Crippen LogP contribution in [0.15, 0.2) is 97.7 Å². The number of amides is 2. The number of primary amides is 1. The van der Waals surface area contributed by atoms with Gasteiger partial charge in [0.1, 0.15) is 24.3 Å². The van der Waals surface area contributed by atoms with Crippen LogP contribution in [0.3, 0.4) is 0 Å². The lowest BCUT2D eigenvalue weighted by atomic mass is 9.97. The van der Waals surface area contributed by atoms with Gasteiger partial charge in [0.05, 0.1) is 18.4 Å². The summed E-state index contributed by atoms with van der Waals surface area (Å²) in [5.74, 6) is -2.32. The lowest BCUT2D eigenvalue weighted by molar-refractivity contribution is -0.182. The van der Waals surface area contributed by atoms with Crippen molar-refractivity contribution in [1.29, 1.82) is 0 Å². The quantitative estimate of drug-likeness (QED) is 0.353. The van der Waals surface area contributed by atoms with Crippen LogP contribution < -0.4 is 15.8 Å². The third-order valence-corrected chi connectivity index (χ3v) is 6.15. The van der Waals surface area contributed by atoms with Crippen molar-refractivity contribution in [2.75, 3.05) is 7.11 Å². The Hall–Kier alpha value is -5.12. The van der Waals surface area contributed by atoms with Crippen molar-refractivity contribution in [3.63, 3.8) is 0 Å². The number of methoxy groups -OCH3 is 1. The Morgan fingerprint density at radius 3 is 2.50 bits per heavy atom. The summed E-state index contributed by atoms with van der Waals surface area (Å²) in [5, 5.41) is 7.51. The zero-order valence-corrected chi connectivity index (χ0v) is 20.5. The summed E-state index contributed by atoms with van der Waals surface area (Å²) < 4.78 is 18.0. The third-order valence-electron chi connectivity index (χ3n) is 6.15. The topological polar surface area (TPSA) is 131 Å². The fourth-order valence-electron chi connectivity index (χ4n) is 4.30. The van der Waals surface area contributed by atoms with Crippen LogP contribution in [-0.2, 0) is 20.7 Å². The van der Waals surface area contributed by atoms with Crippen LogP contribution in [0.25, 0.3) is 17.1 Å². The van der Waals surface area contributed by atoms with E-state index in [4.69, 9.17) is 19.9 Å². The standard InChI is InChI=1S/C28H25N5O5/c1-36-23-12-6-5-10-20(23)22-13-15-33(32-22)25-21(11-7-14-30-25)26(34)31-24(18-19-8-3-2-4-9-19)28(27(29)35)37-16-17-38-28/h2-17,24H,18H2,1H3,(H2,29,35)(H,31,34). The van der Waals surface area contributed by atoms with E-state index < -0.39 is 23.6 Å². The van der Waals surface area contributed by atoms with E-state index in [0.717, 1.165) is 11.1 Å². The molecule has 2 aromatic heterocycles. The van der Waals surface area contributed by atoms with E-state index in [1.807, 2.05) is 54.6 Å². The minimum Gasteiger partial charge on any atom is -0.496 e. The molecule has 0 radical (unpaired) electrons. The van der Waals surface area contributed by atoms with E-state index in [1.165, 1.54) is 17.2 Å². The van der Waals surface area contributed by atoms with E-state index in [9.17, 15) is 9.59 Å². The molecule has 1 unspecified atom stereocenters. The molecule has 10 nitrogen and oxygen atoms in total. The molecular formula is C28H25N5O5. The summed E-state index contributed by atoms with van der Waals surface area (Å²) in [4.78, 5) is 30.5. The summed E-state index contributed by atoms with van der Waals surface area (Å²) in [5.41, 5.74) is 8.20. The van der Waals surface area contributed by atoms with Crippen molar-refractivity contribution >= 4 is 11.8 Å². The first-order valence-corrected chi connectivity index (χ1v) is 11.8. The second kappa shape index (κ2) is 10.5. The van der Waals surface area contributed by atoms with Gasteiger partial charge in [-0.25, -0.2) is 9.67 Å². The Morgan fingerprint density at radius 1 is 1.03 bits per heavy atom. The summed E-state index contributed by atoms with van der Waals surface area (Å²) in [6.45, 7) is 0. The van der Waals surface area contributed by atoms with Crippen LogP contribution in [0.2, 0.25) is 0 Å². The van der Waals surface area contributed by atoms with Crippen molar-refractivity contribution in [3.05, 3.63) is 109 Å². The highest BCUT2D eigenvalue weighted by molar-refractivity contribution is 5.98. The zero-order valence-electron chi connectivity index (χ0n) is 20.5. The van der Waals surface area contributed by atoms with E-state index in [2.05, 4.69) is 15.4 Å². The number of hydrogen-bond acceptors (Lipinski definition) is 7. The monoisotopic (exact) mass is 511 g/mol. The van der Waals surface area contributed by atoms with Gasteiger partial charge in [0.15, 0.2) is 5.82 Å². The maximum atomic E-state index is 13.6. The number of nitrogens with one attached hydrogen (secondary N) is 1. The number of benzene rings is 2. The van der Waals surface area contributed by atoms with Gasteiger partial charge in [-0.05, 0) is 35.9 Å². The number of pyridine rings is 1. The van der Waals surface area contributed by atoms with E-state index in [0.29, 0.717) is 17.3 Å². The van der Waals surface area contributed by atoms with Crippen LogP contribution in [0, 0.1) is 0 Å². The number of nitrogens with two attached hydrogens (primary N) is 1. The molecule has 3 heterocycles. The third kappa shape index (κ3) is 4.66. The predicted molar refractivity (Wildman–Crippen MR) is 138 cm³/mol. The molecule has 1 aliphatic heterocycles. The second-order valence-corrected chi connectivity index (χ2v) is 8.48. The van der Waals surface area contributed by atoms with Gasteiger partial charge in [-0.15, -0.1) is 0 Å². The second-order valence-electron chi connectivity index (χ2n) is 8.48. The molecule has 10 heteroatoms. The summed E-state index contributed by atoms with van der Waals surface area (Å²) in [7, 11) is 1.59. The molecule has 1 aliphatic rings. The molecule has 0 aliphatic carbocycles. The highest BCUT2D eigenvalue weighted by Gasteiger charge is 2.51. The van der Waals surface area contributed by atoms with Crippen molar-refractivity contribution in [2.45, 2.75) is 18.2 Å². The van der Waals surface area contributed by atoms with Crippen molar-refractivity contribution < 1.29 is 23.8 Å². The molecule has 38 heavy (non-hydrogen) atoms. The summed E-state index contributed by atoms with van der Waals surface area (Å²) >= 11 is 0. The highest BCUT2D eigenvalue weighted by Crippen LogP contribution is 2.29. The Balaban J connectivity index is 1.47. The Bertz CT molecular complexity index is 1480. The van der Waals surface area contributed by atoms with Crippen LogP contribution in [0.5, 0.6) is 5.75 Å². The number of ether oxygens (including phenoxy) is 3. The van der Waals surface area contributed by atoms with E-state index in [-0.39, 0.29) is 12.0 Å². The van der Waals surface area contributed by atoms with Gasteiger partial charge in [0, 0.05) is 24.4 Å². The molecule has 2 aromatic carbocycles. The predicted octanol–water partition coefficient (Wildman–Crippen LogP) is 2.98. The summed E-state index contributed by atoms with van der Waals surface area (Å²) in [6, 6.07) is 20.9. The van der Waals surface area contributed by atoms with Gasteiger partial charge in [0.2, 0.25) is 0 Å². The molecule has 2 amide bonds. The number of aromatic nitrogens is 3.